The maximum Gasteiger partial charge on any atom is 0.248 e. The molecule has 2 heteroatoms. The molecule has 3 rings (SSSR count). The predicted octanol–water partition coefficient (Wildman–Crippen LogP) is 2.46. The van der Waals surface area contributed by atoms with Crippen molar-refractivity contribution in [3.05, 3.63) is 59.2 Å². The SMILES string of the molecule is CC1=C(n2cc[n+](C)c2)c2c(C)cccc2C1. The minimum atomic E-state index is 1.08. The highest BCUT2D eigenvalue weighted by molar-refractivity contribution is 5.78. The molecule has 0 unspecified atom stereocenters. The maximum absolute atomic E-state index is 2.24. The van der Waals surface area contributed by atoms with Crippen LogP contribution < -0.4 is 4.57 Å². The number of rotatable bonds is 1. The fraction of sp³-hybridized carbons (Fsp3) is 0.267. The van der Waals surface area contributed by atoms with Gasteiger partial charge in [0.15, 0.2) is 0 Å². The third-order valence-corrected chi connectivity index (χ3v) is 3.48. The molecule has 0 N–H and O–H groups in total. The quantitative estimate of drug-likeness (QED) is 0.659. The molecule has 2 aromatic rings. The molecule has 0 saturated carbocycles. The van der Waals surface area contributed by atoms with Crippen LogP contribution in [0, 0.1) is 6.92 Å². The number of allylic oxidation sites excluding steroid dienone is 1. The number of fused-ring (bicyclic) bond motifs is 1. The minimum absolute atomic E-state index is 1.08. The van der Waals surface area contributed by atoms with Crippen molar-refractivity contribution >= 4 is 5.70 Å². The molecule has 0 saturated heterocycles. The van der Waals surface area contributed by atoms with Crippen LogP contribution in [0.15, 0.2) is 42.5 Å². The van der Waals surface area contributed by atoms with Gasteiger partial charge in [-0.05, 0) is 37.0 Å². The lowest BCUT2D eigenvalue weighted by molar-refractivity contribution is -0.670. The molecule has 0 aliphatic heterocycles. The average molecular weight is 225 g/mol. The summed E-state index contributed by atoms with van der Waals surface area (Å²) in [6, 6.07) is 6.59. The lowest BCUT2D eigenvalue weighted by Gasteiger charge is -2.05. The van der Waals surface area contributed by atoms with Crippen LogP contribution in [-0.4, -0.2) is 4.57 Å². The topological polar surface area (TPSA) is 8.81 Å². The molecule has 0 amide bonds. The Balaban J connectivity index is 2.22. The van der Waals surface area contributed by atoms with Crippen LogP contribution in [0.5, 0.6) is 0 Å². The molecule has 17 heavy (non-hydrogen) atoms. The predicted molar refractivity (Wildman–Crippen MR) is 68.5 cm³/mol. The van der Waals surface area contributed by atoms with Crippen LogP contribution in [0.1, 0.15) is 23.6 Å². The maximum atomic E-state index is 2.24. The van der Waals surface area contributed by atoms with Crippen molar-refractivity contribution in [2.24, 2.45) is 7.05 Å². The van der Waals surface area contributed by atoms with Crippen LogP contribution in [0.2, 0.25) is 0 Å². The first-order valence-electron chi connectivity index (χ1n) is 5.99. The van der Waals surface area contributed by atoms with Gasteiger partial charge >= 0.3 is 0 Å². The highest BCUT2D eigenvalue weighted by Crippen LogP contribution is 2.35. The number of hydrogen-bond donors (Lipinski definition) is 0. The van der Waals surface area contributed by atoms with E-state index in [1.807, 2.05) is 0 Å². The Morgan fingerprint density at radius 1 is 1.24 bits per heavy atom. The molecular weight excluding hydrogens is 208 g/mol. The fourth-order valence-electron chi connectivity index (χ4n) is 2.73. The molecule has 0 radical (unpaired) electrons. The van der Waals surface area contributed by atoms with Gasteiger partial charge in [-0.25, -0.2) is 9.13 Å². The van der Waals surface area contributed by atoms with Crippen LogP contribution in [0.3, 0.4) is 0 Å². The average Bonchev–Trinajstić information content (AvgIpc) is 2.82. The Kier molecular flexibility index (Phi) is 2.18. The monoisotopic (exact) mass is 225 g/mol. The van der Waals surface area contributed by atoms with E-state index in [1.165, 1.54) is 28.0 Å². The van der Waals surface area contributed by atoms with Crippen molar-refractivity contribution in [1.29, 1.82) is 0 Å². The minimum Gasteiger partial charge on any atom is -0.239 e. The fourth-order valence-corrected chi connectivity index (χ4v) is 2.73. The van der Waals surface area contributed by atoms with Gasteiger partial charge in [-0.15, -0.1) is 0 Å². The van der Waals surface area contributed by atoms with Gasteiger partial charge in [-0.2, -0.15) is 0 Å². The van der Waals surface area contributed by atoms with E-state index in [1.54, 1.807) is 0 Å². The van der Waals surface area contributed by atoms with Crippen LogP contribution in [-0.2, 0) is 13.5 Å². The second-order valence-corrected chi connectivity index (χ2v) is 4.90. The number of nitrogens with zero attached hydrogens (tertiary/aromatic N) is 2. The first-order chi connectivity index (χ1) is 8.16. The van der Waals surface area contributed by atoms with Crippen molar-refractivity contribution in [2.45, 2.75) is 20.3 Å². The standard InChI is InChI=1S/C15H17N2/c1-11-5-4-6-13-9-12(2)15(14(11)13)17-8-7-16(3)10-17/h4-8,10H,9H2,1-3H3/q+1. The molecular formula is C15H17N2+. The van der Waals surface area contributed by atoms with Crippen molar-refractivity contribution in [3.63, 3.8) is 0 Å². The summed E-state index contributed by atoms with van der Waals surface area (Å²) in [5.74, 6) is 0. The summed E-state index contributed by atoms with van der Waals surface area (Å²) in [5.41, 5.74) is 7.05. The van der Waals surface area contributed by atoms with Crippen molar-refractivity contribution in [3.8, 4) is 0 Å². The van der Waals surface area contributed by atoms with Crippen molar-refractivity contribution in [1.82, 2.24) is 4.57 Å². The zero-order valence-corrected chi connectivity index (χ0v) is 10.6. The number of aryl methyl sites for hydroxylation is 2. The Labute approximate surface area is 102 Å². The highest BCUT2D eigenvalue weighted by atomic mass is 15.1. The molecule has 1 aromatic heterocycles. The van der Waals surface area contributed by atoms with Crippen LogP contribution in [0.4, 0.5) is 0 Å². The summed E-state index contributed by atoms with van der Waals surface area (Å²) < 4.78 is 4.31. The number of hydrogen-bond acceptors (Lipinski definition) is 0. The van der Waals surface area contributed by atoms with Gasteiger partial charge in [0.05, 0.1) is 7.05 Å². The molecule has 0 bridgehead atoms. The third kappa shape index (κ3) is 1.52. The van der Waals surface area contributed by atoms with Gasteiger partial charge < -0.3 is 0 Å². The van der Waals surface area contributed by atoms with E-state index in [4.69, 9.17) is 0 Å². The van der Waals surface area contributed by atoms with Gasteiger partial charge in [0.2, 0.25) is 6.33 Å². The summed E-state index contributed by atoms with van der Waals surface area (Å²) in [5, 5.41) is 0. The highest BCUT2D eigenvalue weighted by Gasteiger charge is 2.25. The summed E-state index contributed by atoms with van der Waals surface area (Å²) >= 11 is 0. The Morgan fingerprint density at radius 3 is 2.76 bits per heavy atom. The first-order valence-corrected chi connectivity index (χ1v) is 5.99. The van der Waals surface area contributed by atoms with E-state index < -0.39 is 0 Å². The van der Waals surface area contributed by atoms with Gasteiger partial charge in [0.1, 0.15) is 18.1 Å². The van der Waals surface area contributed by atoms with Gasteiger partial charge in [-0.3, -0.25) is 0 Å². The molecule has 86 valence electrons. The van der Waals surface area contributed by atoms with E-state index >= 15 is 0 Å². The van der Waals surface area contributed by atoms with Crippen molar-refractivity contribution < 1.29 is 4.57 Å². The third-order valence-electron chi connectivity index (χ3n) is 3.48. The number of benzene rings is 1. The molecule has 1 aliphatic rings. The number of imidazole rings is 1. The Morgan fingerprint density at radius 2 is 2.06 bits per heavy atom. The van der Waals surface area contributed by atoms with Crippen molar-refractivity contribution in [2.75, 3.05) is 0 Å². The zero-order chi connectivity index (χ0) is 12.0. The second-order valence-electron chi connectivity index (χ2n) is 4.90. The normalized spacial score (nSPS) is 14.3. The van der Waals surface area contributed by atoms with E-state index in [9.17, 15) is 0 Å². The molecule has 2 nitrogen and oxygen atoms in total. The zero-order valence-electron chi connectivity index (χ0n) is 10.6. The molecule has 1 heterocycles. The lowest BCUT2D eigenvalue weighted by Crippen LogP contribution is -2.23. The van der Waals surface area contributed by atoms with Crippen LogP contribution >= 0.6 is 0 Å². The molecule has 1 aliphatic carbocycles. The van der Waals surface area contributed by atoms with E-state index in [0.29, 0.717) is 0 Å². The van der Waals surface area contributed by atoms with E-state index in [0.717, 1.165) is 6.42 Å². The summed E-state index contributed by atoms with van der Waals surface area (Å²) in [6.45, 7) is 4.43. The van der Waals surface area contributed by atoms with Gasteiger partial charge in [-0.1, -0.05) is 18.2 Å². The summed E-state index contributed by atoms with van der Waals surface area (Å²) in [6.07, 6.45) is 7.41. The number of aromatic nitrogens is 2. The lowest BCUT2D eigenvalue weighted by atomic mass is 10.0. The Hall–Kier alpha value is -1.83. The largest absolute Gasteiger partial charge is 0.248 e. The summed E-state index contributed by atoms with van der Waals surface area (Å²) in [7, 11) is 2.06. The first kappa shape index (κ1) is 10.3. The summed E-state index contributed by atoms with van der Waals surface area (Å²) in [4.78, 5) is 0. The molecule has 0 fully saturated rings. The smallest absolute Gasteiger partial charge is 0.239 e. The van der Waals surface area contributed by atoms with Crippen LogP contribution in [0.25, 0.3) is 5.70 Å². The Bertz CT molecular complexity index is 618. The van der Waals surface area contributed by atoms with E-state index in [-0.39, 0.29) is 0 Å². The molecule has 0 atom stereocenters. The van der Waals surface area contributed by atoms with E-state index in [2.05, 4.69) is 66.9 Å². The second kappa shape index (κ2) is 3.59. The van der Waals surface area contributed by atoms with Gasteiger partial charge in [0, 0.05) is 5.56 Å². The molecule has 1 aromatic carbocycles. The van der Waals surface area contributed by atoms with Gasteiger partial charge in [0.25, 0.3) is 0 Å². The molecule has 0 spiro atoms.